The normalized spacial score (nSPS) is 10.3. The van der Waals surface area contributed by atoms with Crippen molar-refractivity contribution in [1.82, 2.24) is 5.32 Å². The summed E-state index contributed by atoms with van der Waals surface area (Å²) in [7, 11) is 0. The van der Waals surface area contributed by atoms with Crippen LogP contribution in [0, 0.1) is 0 Å². The molecule has 0 heterocycles. The Morgan fingerprint density at radius 3 is 2.26 bits per heavy atom. The van der Waals surface area contributed by atoms with Crippen molar-refractivity contribution in [2.45, 2.75) is 6.54 Å². The van der Waals surface area contributed by atoms with Crippen LogP contribution in [0.3, 0.4) is 0 Å². The molecule has 0 aliphatic carbocycles. The average Bonchev–Trinajstić information content (AvgIpc) is 2.71. The van der Waals surface area contributed by atoms with Crippen molar-refractivity contribution in [2.24, 2.45) is 0 Å². The first kappa shape index (κ1) is 18.8. The van der Waals surface area contributed by atoms with E-state index < -0.39 is 0 Å². The minimum atomic E-state index is -0.190. The van der Waals surface area contributed by atoms with E-state index in [4.69, 9.17) is 21.1 Å². The highest BCUT2D eigenvalue weighted by molar-refractivity contribution is 6.30. The van der Waals surface area contributed by atoms with Gasteiger partial charge < -0.3 is 14.8 Å². The zero-order chi connectivity index (χ0) is 18.9. The second kappa shape index (κ2) is 9.64. The van der Waals surface area contributed by atoms with Crippen LogP contribution in [-0.4, -0.2) is 19.1 Å². The van der Waals surface area contributed by atoms with Crippen LogP contribution in [-0.2, 0) is 6.54 Å². The number of ether oxygens (including phenoxy) is 2. The molecule has 138 valence electrons. The summed E-state index contributed by atoms with van der Waals surface area (Å²) >= 11 is 5.88. The van der Waals surface area contributed by atoms with Crippen LogP contribution in [0.15, 0.2) is 78.9 Å². The zero-order valence-corrected chi connectivity index (χ0v) is 15.5. The summed E-state index contributed by atoms with van der Waals surface area (Å²) < 4.78 is 11.4. The van der Waals surface area contributed by atoms with Crippen molar-refractivity contribution in [3.8, 4) is 11.5 Å². The maximum atomic E-state index is 12.5. The second-order valence-electron chi connectivity index (χ2n) is 5.82. The Bertz CT molecular complexity index is 866. The number of amides is 1. The molecule has 0 bridgehead atoms. The predicted molar refractivity (Wildman–Crippen MR) is 106 cm³/mol. The van der Waals surface area contributed by atoms with E-state index in [1.165, 1.54) is 0 Å². The molecule has 0 atom stereocenters. The van der Waals surface area contributed by atoms with Crippen molar-refractivity contribution >= 4 is 17.5 Å². The minimum Gasteiger partial charge on any atom is -0.490 e. The van der Waals surface area contributed by atoms with Gasteiger partial charge in [-0.05, 0) is 42.0 Å². The summed E-state index contributed by atoms with van der Waals surface area (Å²) in [6.07, 6.45) is 0. The number of nitrogens with one attached hydrogen (secondary N) is 1. The molecule has 0 aromatic heterocycles. The smallest absolute Gasteiger partial charge is 0.255 e. The summed E-state index contributed by atoms with van der Waals surface area (Å²) in [5, 5.41) is 3.57. The summed E-state index contributed by atoms with van der Waals surface area (Å²) in [5.41, 5.74) is 1.47. The van der Waals surface area contributed by atoms with E-state index in [9.17, 15) is 4.79 Å². The van der Waals surface area contributed by atoms with Gasteiger partial charge in [0.15, 0.2) is 0 Å². The second-order valence-corrected chi connectivity index (χ2v) is 6.25. The molecule has 0 radical (unpaired) electrons. The lowest BCUT2D eigenvalue weighted by molar-refractivity contribution is 0.0945. The van der Waals surface area contributed by atoms with Gasteiger partial charge in [0.1, 0.15) is 24.7 Å². The molecule has 1 amide bonds. The highest BCUT2D eigenvalue weighted by Gasteiger charge is 2.12. The number of carbonyl (C=O) groups is 1. The number of rotatable bonds is 8. The van der Waals surface area contributed by atoms with Gasteiger partial charge in [0.25, 0.3) is 5.91 Å². The monoisotopic (exact) mass is 381 g/mol. The number of halogens is 1. The van der Waals surface area contributed by atoms with Gasteiger partial charge in [-0.1, -0.05) is 54.1 Å². The Labute approximate surface area is 163 Å². The fraction of sp³-hybridized carbons (Fsp3) is 0.136. The minimum absolute atomic E-state index is 0.190. The van der Waals surface area contributed by atoms with Gasteiger partial charge in [-0.25, -0.2) is 0 Å². The van der Waals surface area contributed by atoms with Crippen LogP contribution in [0.4, 0.5) is 0 Å². The van der Waals surface area contributed by atoms with Crippen LogP contribution >= 0.6 is 11.6 Å². The van der Waals surface area contributed by atoms with Gasteiger partial charge in [-0.3, -0.25) is 4.79 Å². The lowest BCUT2D eigenvalue weighted by Crippen LogP contribution is -2.23. The van der Waals surface area contributed by atoms with E-state index in [0.717, 1.165) is 11.3 Å². The molecule has 1 N–H and O–H groups in total. The number of benzene rings is 3. The molecule has 0 saturated carbocycles. The number of hydrogen-bond donors (Lipinski definition) is 1. The van der Waals surface area contributed by atoms with Gasteiger partial charge in [0, 0.05) is 11.6 Å². The van der Waals surface area contributed by atoms with E-state index in [1.54, 1.807) is 24.3 Å². The Morgan fingerprint density at radius 1 is 0.815 bits per heavy atom. The van der Waals surface area contributed by atoms with Crippen molar-refractivity contribution in [3.05, 3.63) is 95.0 Å². The molecular formula is C22H20ClNO3. The topological polar surface area (TPSA) is 47.6 Å². The maximum absolute atomic E-state index is 12.5. The molecule has 0 aliphatic rings. The van der Waals surface area contributed by atoms with Gasteiger partial charge in [-0.2, -0.15) is 0 Å². The van der Waals surface area contributed by atoms with Gasteiger partial charge >= 0.3 is 0 Å². The Kier molecular flexibility index (Phi) is 6.72. The molecular weight excluding hydrogens is 362 g/mol. The van der Waals surface area contributed by atoms with E-state index in [-0.39, 0.29) is 5.91 Å². The molecule has 0 spiro atoms. The molecule has 0 saturated heterocycles. The molecule has 0 fully saturated rings. The number of carbonyl (C=O) groups excluding carboxylic acids is 1. The zero-order valence-electron chi connectivity index (χ0n) is 14.7. The Morgan fingerprint density at radius 2 is 1.48 bits per heavy atom. The number of hydrogen-bond acceptors (Lipinski definition) is 3. The molecule has 5 heteroatoms. The summed E-state index contributed by atoms with van der Waals surface area (Å²) in [5.74, 6) is 1.13. The lowest BCUT2D eigenvalue weighted by atomic mass is 10.1. The third-order valence-electron chi connectivity index (χ3n) is 3.85. The van der Waals surface area contributed by atoms with Gasteiger partial charge in [0.05, 0.1) is 5.56 Å². The third kappa shape index (κ3) is 5.76. The van der Waals surface area contributed by atoms with Crippen LogP contribution in [0.25, 0.3) is 0 Å². The van der Waals surface area contributed by atoms with Crippen LogP contribution in [0.1, 0.15) is 15.9 Å². The summed E-state index contributed by atoms with van der Waals surface area (Å²) in [4.78, 5) is 12.5. The van der Waals surface area contributed by atoms with Crippen LogP contribution in [0.2, 0.25) is 5.02 Å². The fourth-order valence-electron chi connectivity index (χ4n) is 2.49. The molecule has 27 heavy (non-hydrogen) atoms. The van der Waals surface area contributed by atoms with Crippen molar-refractivity contribution in [2.75, 3.05) is 13.2 Å². The quantitative estimate of drug-likeness (QED) is 0.574. The largest absolute Gasteiger partial charge is 0.490 e. The first-order chi connectivity index (χ1) is 13.2. The third-order valence-corrected chi connectivity index (χ3v) is 4.10. The molecule has 3 aromatic carbocycles. The standard InChI is InChI=1S/C22H20ClNO3/c23-18-12-10-17(11-13-18)16-24-22(25)20-8-4-5-9-21(20)27-15-14-26-19-6-2-1-3-7-19/h1-13H,14-16H2,(H,24,25). The van der Waals surface area contributed by atoms with E-state index in [1.807, 2.05) is 54.6 Å². The van der Waals surface area contributed by atoms with E-state index in [0.29, 0.717) is 36.1 Å². The summed E-state index contributed by atoms with van der Waals surface area (Å²) in [6.45, 7) is 1.16. The van der Waals surface area contributed by atoms with Crippen LogP contribution < -0.4 is 14.8 Å². The fourth-order valence-corrected chi connectivity index (χ4v) is 2.61. The first-order valence-corrected chi connectivity index (χ1v) is 9.02. The maximum Gasteiger partial charge on any atom is 0.255 e. The Balaban J connectivity index is 1.53. The highest BCUT2D eigenvalue weighted by Crippen LogP contribution is 2.18. The molecule has 0 aliphatic heterocycles. The van der Waals surface area contributed by atoms with E-state index >= 15 is 0 Å². The van der Waals surface area contributed by atoms with Gasteiger partial charge in [0.2, 0.25) is 0 Å². The molecule has 4 nitrogen and oxygen atoms in total. The average molecular weight is 382 g/mol. The first-order valence-electron chi connectivity index (χ1n) is 8.65. The van der Waals surface area contributed by atoms with E-state index in [2.05, 4.69) is 5.32 Å². The van der Waals surface area contributed by atoms with Crippen molar-refractivity contribution < 1.29 is 14.3 Å². The van der Waals surface area contributed by atoms with Crippen molar-refractivity contribution in [1.29, 1.82) is 0 Å². The Hall–Kier alpha value is -2.98. The highest BCUT2D eigenvalue weighted by atomic mass is 35.5. The SMILES string of the molecule is O=C(NCc1ccc(Cl)cc1)c1ccccc1OCCOc1ccccc1. The van der Waals surface area contributed by atoms with Crippen LogP contribution in [0.5, 0.6) is 11.5 Å². The molecule has 0 unspecified atom stereocenters. The van der Waals surface area contributed by atoms with Gasteiger partial charge in [-0.15, -0.1) is 0 Å². The molecule has 3 rings (SSSR count). The summed E-state index contributed by atoms with van der Waals surface area (Å²) in [6, 6.07) is 24.1. The molecule has 3 aromatic rings. The lowest BCUT2D eigenvalue weighted by Gasteiger charge is -2.12. The van der Waals surface area contributed by atoms with Crippen molar-refractivity contribution in [3.63, 3.8) is 0 Å². The predicted octanol–water partition coefficient (Wildman–Crippen LogP) is 4.73. The number of para-hydroxylation sites is 2.